The summed E-state index contributed by atoms with van der Waals surface area (Å²) in [5, 5.41) is 1.76. The number of hydrogen-bond acceptors (Lipinski definition) is 3. The van der Waals surface area contributed by atoms with Crippen molar-refractivity contribution in [1.82, 2.24) is 4.98 Å². The molecule has 1 aromatic heterocycles. The normalized spacial score (nSPS) is 10.4. The van der Waals surface area contributed by atoms with Crippen LogP contribution in [-0.2, 0) is 0 Å². The summed E-state index contributed by atoms with van der Waals surface area (Å²) >= 11 is 13.1. The lowest BCUT2D eigenvalue weighted by Crippen LogP contribution is -1.83. The molecule has 2 aromatic rings. The molecule has 0 fully saturated rings. The number of carbonyl (C=O) groups is 1. The standard InChI is InChI=1S/C11H7Cl2NOS/c1-6(15)10-5-14-11(16-10)7-2-3-8(12)9(13)4-7/h2-5H,1H3. The number of carbonyl (C=O) groups excluding carboxylic acids is 1. The number of rotatable bonds is 2. The number of aromatic nitrogens is 1. The Bertz CT molecular complexity index is 551. The zero-order chi connectivity index (χ0) is 11.7. The zero-order valence-corrected chi connectivity index (χ0v) is 10.7. The summed E-state index contributed by atoms with van der Waals surface area (Å²) in [4.78, 5) is 15.9. The molecule has 0 aliphatic carbocycles. The van der Waals surface area contributed by atoms with Crippen molar-refractivity contribution in [2.24, 2.45) is 0 Å². The maximum Gasteiger partial charge on any atom is 0.171 e. The average molecular weight is 272 g/mol. The van der Waals surface area contributed by atoms with Crippen LogP contribution in [0.3, 0.4) is 0 Å². The van der Waals surface area contributed by atoms with Crippen LogP contribution in [0.4, 0.5) is 0 Å². The monoisotopic (exact) mass is 271 g/mol. The van der Waals surface area contributed by atoms with Gasteiger partial charge in [-0.25, -0.2) is 4.98 Å². The lowest BCUT2D eigenvalue weighted by molar-refractivity contribution is 0.102. The van der Waals surface area contributed by atoms with Crippen LogP contribution in [0, 0.1) is 0 Å². The molecule has 82 valence electrons. The third kappa shape index (κ3) is 2.26. The predicted molar refractivity (Wildman–Crippen MR) is 67.6 cm³/mol. The van der Waals surface area contributed by atoms with Crippen molar-refractivity contribution in [2.45, 2.75) is 6.92 Å². The number of halogens is 2. The molecule has 0 aliphatic rings. The minimum Gasteiger partial charge on any atom is -0.294 e. The first-order chi connectivity index (χ1) is 7.58. The molecule has 5 heteroatoms. The summed E-state index contributed by atoms with van der Waals surface area (Å²) in [6, 6.07) is 5.29. The Labute approximate surface area is 107 Å². The Morgan fingerprint density at radius 3 is 2.62 bits per heavy atom. The number of benzene rings is 1. The third-order valence-electron chi connectivity index (χ3n) is 2.02. The van der Waals surface area contributed by atoms with E-state index in [0.29, 0.717) is 14.9 Å². The van der Waals surface area contributed by atoms with Gasteiger partial charge in [0.15, 0.2) is 5.78 Å². The van der Waals surface area contributed by atoms with Gasteiger partial charge in [0.25, 0.3) is 0 Å². The summed E-state index contributed by atoms with van der Waals surface area (Å²) in [5.74, 6) is 0.0174. The molecule has 2 nitrogen and oxygen atoms in total. The van der Waals surface area contributed by atoms with Gasteiger partial charge >= 0.3 is 0 Å². The molecule has 0 atom stereocenters. The Balaban J connectivity index is 2.42. The summed E-state index contributed by atoms with van der Waals surface area (Å²) in [5.41, 5.74) is 0.868. The van der Waals surface area contributed by atoms with Gasteiger partial charge in [0.2, 0.25) is 0 Å². The van der Waals surface area contributed by atoms with Crippen LogP contribution in [0.2, 0.25) is 10.0 Å². The van der Waals surface area contributed by atoms with E-state index in [9.17, 15) is 4.79 Å². The Morgan fingerprint density at radius 1 is 1.31 bits per heavy atom. The van der Waals surface area contributed by atoms with Gasteiger partial charge in [-0.05, 0) is 12.1 Å². The molecule has 0 saturated carbocycles. The molecular weight excluding hydrogens is 265 g/mol. The largest absolute Gasteiger partial charge is 0.294 e. The first kappa shape index (κ1) is 11.6. The lowest BCUT2D eigenvalue weighted by Gasteiger charge is -1.98. The fraction of sp³-hybridized carbons (Fsp3) is 0.0909. The highest BCUT2D eigenvalue weighted by Crippen LogP contribution is 2.30. The van der Waals surface area contributed by atoms with E-state index in [4.69, 9.17) is 23.2 Å². The molecule has 1 heterocycles. The SMILES string of the molecule is CC(=O)c1cnc(-c2ccc(Cl)c(Cl)c2)s1. The highest BCUT2D eigenvalue weighted by molar-refractivity contribution is 7.16. The Morgan fingerprint density at radius 2 is 2.06 bits per heavy atom. The molecule has 0 unspecified atom stereocenters. The number of thiazole rings is 1. The second-order valence-corrected chi connectivity index (χ2v) is 5.06. The van der Waals surface area contributed by atoms with Gasteiger partial charge in [0, 0.05) is 18.7 Å². The third-order valence-corrected chi connectivity index (χ3v) is 3.91. The Hall–Kier alpha value is -0.900. The molecule has 0 aliphatic heterocycles. The molecule has 0 radical (unpaired) electrons. The maximum absolute atomic E-state index is 11.1. The van der Waals surface area contributed by atoms with Crippen LogP contribution in [0.1, 0.15) is 16.6 Å². The summed E-state index contributed by atoms with van der Waals surface area (Å²) in [6.07, 6.45) is 1.57. The number of hydrogen-bond donors (Lipinski definition) is 0. The van der Waals surface area contributed by atoms with Crippen molar-refractivity contribution < 1.29 is 4.79 Å². The quantitative estimate of drug-likeness (QED) is 0.762. The molecule has 0 spiro atoms. The Kier molecular flexibility index (Phi) is 3.28. The fourth-order valence-corrected chi connectivity index (χ4v) is 2.31. The van der Waals surface area contributed by atoms with E-state index in [2.05, 4.69) is 4.98 Å². The minimum absolute atomic E-state index is 0.0174. The van der Waals surface area contributed by atoms with Crippen molar-refractivity contribution in [3.8, 4) is 10.6 Å². The van der Waals surface area contributed by atoms with Crippen LogP contribution in [0.15, 0.2) is 24.4 Å². The highest BCUT2D eigenvalue weighted by atomic mass is 35.5. The summed E-state index contributed by atoms with van der Waals surface area (Å²) in [6.45, 7) is 1.52. The van der Waals surface area contributed by atoms with Gasteiger partial charge in [-0.2, -0.15) is 0 Å². The molecule has 0 amide bonds. The first-order valence-corrected chi connectivity index (χ1v) is 6.07. The smallest absolute Gasteiger partial charge is 0.171 e. The van der Waals surface area contributed by atoms with Crippen LogP contribution >= 0.6 is 34.5 Å². The van der Waals surface area contributed by atoms with Gasteiger partial charge < -0.3 is 0 Å². The number of ketones is 1. The molecule has 0 bridgehead atoms. The first-order valence-electron chi connectivity index (χ1n) is 4.50. The van der Waals surface area contributed by atoms with E-state index in [-0.39, 0.29) is 5.78 Å². The van der Waals surface area contributed by atoms with Gasteiger partial charge in [-0.1, -0.05) is 29.3 Å². The average Bonchev–Trinajstić information content (AvgIpc) is 2.71. The number of Topliss-reactive ketones (excluding diaryl/α,β-unsaturated/α-hetero) is 1. The molecule has 0 N–H and O–H groups in total. The highest BCUT2D eigenvalue weighted by Gasteiger charge is 2.09. The fourth-order valence-electron chi connectivity index (χ4n) is 1.20. The van der Waals surface area contributed by atoms with Gasteiger partial charge in [0.05, 0.1) is 14.9 Å². The van der Waals surface area contributed by atoms with Crippen LogP contribution in [0.5, 0.6) is 0 Å². The molecule has 1 aromatic carbocycles. The molecule has 2 rings (SSSR count). The van der Waals surface area contributed by atoms with Gasteiger partial charge in [-0.3, -0.25) is 4.79 Å². The van der Waals surface area contributed by atoms with E-state index in [1.54, 1.807) is 18.3 Å². The summed E-state index contributed by atoms with van der Waals surface area (Å²) < 4.78 is 0. The second kappa shape index (κ2) is 4.53. The van der Waals surface area contributed by atoms with E-state index in [1.165, 1.54) is 18.3 Å². The molecular formula is C11H7Cl2NOS. The van der Waals surface area contributed by atoms with Crippen LogP contribution < -0.4 is 0 Å². The van der Waals surface area contributed by atoms with Gasteiger partial charge in [0.1, 0.15) is 5.01 Å². The van der Waals surface area contributed by atoms with Crippen molar-refractivity contribution in [3.63, 3.8) is 0 Å². The predicted octanol–water partition coefficient (Wildman–Crippen LogP) is 4.32. The summed E-state index contributed by atoms with van der Waals surface area (Å²) in [7, 11) is 0. The van der Waals surface area contributed by atoms with Crippen molar-refractivity contribution in [1.29, 1.82) is 0 Å². The maximum atomic E-state index is 11.1. The van der Waals surface area contributed by atoms with E-state index in [1.807, 2.05) is 6.07 Å². The molecule has 0 saturated heterocycles. The van der Waals surface area contributed by atoms with Gasteiger partial charge in [-0.15, -0.1) is 11.3 Å². The lowest BCUT2D eigenvalue weighted by atomic mass is 10.2. The van der Waals surface area contributed by atoms with Crippen molar-refractivity contribution in [3.05, 3.63) is 39.3 Å². The van der Waals surface area contributed by atoms with Crippen molar-refractivity contribution >= 4 is 40.3 Å². The topological polar surface area (TPSA) is 30.0 Å². The van der Waals surface area contributed by atoms with Crippen molar-refractivity contribution in [2.75, 3.05) is 0 Å². The minimum atomic E-state index is 0.0174. The van der Waals surface area contributed by atoms with Crippen LogP contribution in [-0.4, -0.2) is 10.8 Å². The van der Waals surface area contributed by atoms with E-state index in [0.717, 1.165) is 10.6 Å². The zero-order valence-electron chi connectivity index (χ0n) is 8.33. The number of nitrogens with zero attached hydrogens (tertiary/aromatic N) is 1. The van der Waals surface area contributed by atoms with E-state index >= 15 is 0 Å². The van der Waals surface area contributed by atoms with E-state index < -0.39 is 0 Å². The second-order valence-electron chi connectivity index (χ2n) is 3.21. The van der Waals surface area contributed by atoms with Crippen LogP contribution in [0.25, 0.3) is 10.6 Å². The molecule has 16 heavy (non-hydrogen) atoms.